The van der Waals surface area contributed by atoms with Gasteiger partial charge in [0.2, 0.25) is 5.91 Å². The first-order chi connectivity index (χ1) is 9.15. The molecular formula is C12H23N5O2. The van der Waals surface area contributed by atoms with Crippen molar-refractivity contribution in [2.24, 2.45) is 10.7 Å². The number of nitrogens with zero attached hydrogens (tertiary/aromatic N) is 3. The molecule has 1 unspecified atom stereocenters. The highest BCUT2D eigenvalue weighted by atomic mass is 16.5. The first-order valence-electron chi connectivity index (χ1n) is 6.80. The molecule has 0 aliphatic carbocycles. The molecule has 0 spiro atoms. The van der Waals surface area contributed by atoms with Crippen molar-refractivity contribution in [1.82, 2.24) is 15.1 Å². The molecule has 0 aromatic carbocycles. The molecule has 19 heavy (non-hydrogen) atoms. The minimum absolute atomic E-state index is 0.0882. The zero-order valence-corrected chi connectivity index (χ0v) is 11.5. The number of nitrogens with one attached hydrogen (secondary N) is 1. The van der Waals surface area contributed by atoms with Crippen LogP contribution in [0.25, 0.3) is 0 Å². The zero-order chi connectivity index (χ0) is 13.7. The lowest BCUT2D eigenvalue weighted by atomic mass is 10.3. The number of ether oxygens (including phenoxy) is 1. The third-order valence-corrected chi connectivity index (χ3v) is 3.37. The van der Waals surface area contributed by atoms with Gasteiger partial charge in [0.25, 0.3) is 0 Å². The number of hydrogen-bond acceptors (Lipinski definition) is 4. The van der Waals surface area contributed by atoms with Gasteiger partial charge in [-0.05, 0) is 6.92 Å². The first kappa shape index (κ1) is 14.1. The molecule has 2 fully saturated rings. The first-order valence-corrected chi connectivity index (χ1v) is 6.80. The molecule has 7 nitrogen and oxygen atoms in total. The Hall–Kier alpha value is -1.34. The molecule has 3 N–H and O–H groups in total. The molecule has 0 bridgehead atoms. The van der Waals surface area contributed by atoms with Gasteiger partial charge in [-0.15, -0.1) is 0 Å². The van der Waals surface area contributed by atoms with Crippen molar-refractivity contribution in [2.45, 2.75) is 13.0 Å². The molecule has 1 atom stereocenters. The lowest BCUT2D eigenvalue weighted by molar-refractivity contribution is -0.124. The number of piperazine rings is 1. The van der Waals surface area contributed by atoms with E-state index in [1.165, 1.54) is 0 Å². The third kappa shape index (κ3) is 4.36. The Morgan fingerprint density at radius 3 is 3.16 bits per heavy atom. The smallest absolute Gasteiger partial charge is 0.234 e. The van der Waals surface area contributed by atoms with Crippen LogP contribution >= 0.6 is 0 Å². The maximum atomic E-state index is 11.2. The fourth-order valence-corrected chi connectivity index (χ4v) is 2.31. The van der Waals surface area contributed by atoms with Crippen molar-refractivity contribution >= 4 is 11.9 Å². The van der Waals surface area contributed by atoms with Gasteiger partial charge < -0.3 is 20.7 Å². The predicted octanol–water partition coefficient (Wildman–Crippen LogP) is -1.55. The van der Waals surface area contributed by atoms with Gasteiger partial charge in [-0.1, -0.05) is 0 Å². The van der Waals surface area contributed by atoms with Crippen molar-refractivity contribution in [2.75, 3.05) is 52.4 Å². The van der Waals surface area contributed by atoms with Crippen molar-refractivity contribution in [1.29, 1.82) is 0 Å². The van der Waals surface area contributed by atoms with Gasteiger partial charge in [0.05, 0.1) is 25.8 Å². The lowest BCUT2D eigenvalue weighted by Crippen LogP contribution is -2.49. The number of nitrogens with two attached hydrogens (primary N) is 1. The van der Waals surface area contributed by atoms with Gasteiger partial charge in [-0.2, -0.15) is 0 Å². The van der Waals surface area contributed by atoms with Crippen LogP contribution in [0.1, 0.15) is 6.92 Å². The summed E-state index contributed by atoms with van der Waals surface area (Å²) >= 11 is 0. The van der Waals surface area contributed by atoms with Crippen LogP contribution < -0.4 is 11.1 Å². The molecule has 2 aliphatic rings. The van der Waals surface area contributed by atoms with E-state index < -0.39 is 0 Å². The van der Waals surface area contributed by atoms with Crippen LogP contribution in [0.3, 0.4) is 0 Å². The summed E-state index contributed by atoms with van der Waals surface area (Å²) in [7, 11) is 0. The van der Waals surface area contributed by atoms with Gasteiger partial charge in [0.1, 0.15) is 0 Å². The summed E-state index contributed by atoms with van der Waals surface area (Å²) in [6.07, 6.45) is 0.202. The highest BCUT2D eigenvalue weighted by Gasteiger charge is 2.18. The quantitative estimate of drug-likeness (QED) is 0.479. The highest BCUT2D eigenvalue weighted by molar-refractivity contribution is 5.79. The van der Waals surface area contributed by atoms with Gasteiger partial charge in [-0.25, -0.2) is 0 Å². The Morgan fingerprint density at radius 1 is 1.58 bits per heavy atom. The number of carbonyl (C=O) groups is 1. The van der Waals surface area contributed by atoms with E-state index in [0.717, 1.165) is 32.7 Å². The number of rotatable bonds is 3. The number of carbonyl (C=O) groups excluding carboxylic acids is 1. The zero-order valence-electron chi connectivity index (χ0n) is 11.5. The van der Waals surface area contributed by atoms with E-state index in [0.29, 0.717) is 25.7 Å². The number of hydrogen-bond donors (Lipinski definition) is 2. The largest absolute Gasteiger partial charge is 0.375 e. The van der Waals surface area contributed by atoms with Crippen LogP contribution in [0, 0.1) is 0 Å². The SMILES string of the molecule is CC1CN(C(N)=NCCN2CCNC(=O)C2)CCO1. The highest BCUT2D eigenvalue weighted by Crippen LogP contribution is 2.03. The molecule has 0 radical (unpaired) electrons. The molecule has 2 aliphatic heterocycles. The Labute approximate surface area is 113 Å². The number of aliphatic imine (C=N–C) groups is 1. The average molecular weight is 269 g/mol. The summed E-state index contributed by atoms with van der Waals surface area (Å²) in [6.45, 7) is 7.79. The molecular weight excluding hydrogens is 246 g/mol. The maximum absolute atomic E-state index is 11.2. The van der Waals surface area contributed by atoms with Crippen molar-refractivity contribution in [3.8, 4) is 0 Å². The molecule has 0 saturated carbocycles. The standard InChI is InChI=1S/C12H23N5O2/c1-10-8-17(6-7-19-10)12(13)15-3-5-16-4-2-14-11(18)9-16/h10H,2-9H2,1H3,(H2,13,15)(H,14,18). The normalized spacial score (nSPS) is 26.4. The molecule has 2 rings (SSSR count). The van der Waals surface area contributed by atoms with Gasteiger partial charge >= 0.3 is 0 Å². The van der Waals surface area contributed by atoms with E-state index in [4.69, 9.17) is 10.5 Å². The third-order valence-electron chi connectivity index (χ3n) is 3.37. The number of guanidine groups is 1. The topological polar surface area (TPSA) is 83.2 Å². The molecule has 1 amide bonds. The van der Waals surface area contributed by atoms with Crippen LogP contribution in [-0.4, -0.2) is 80.2 Å². The van der Waals surface area contributed by atoms with E-state index >= 15 is 0 Å². The minimum Gasteiger partial charge on any atom is -0.375 e. The number of morpholine rings is 1. The summed E-state index contributed by atoms with van der Waals surface area (Å²) in [4.78, 5) is 19.8. The summed E-state index contributed by atoms with van der Waals surface area (Å²) in [5, 5.41) is 2.80. The van der Waals surface area contributed by atoms with Gasteiger partial charge in [0, 0.05) is 32.7 Å². The van der Waals surface area contributed by atoms with E-state index in [9.17, 15) is 4.79 Å². The maximum Gasteiger partial charge on any atom is 0.234 e. The van der Waals surface area contributed by atoms with Gasteiger partial charge in [0.15, 0.2) is 5.96 Å². The fourth-order valence-electron chi connectivity index (χ4n) is 2.31. The molecule has 7 heteroatoms. The van der Waals surface area contributed by atoms with E-state index in [1.54, 1.807) is 0 Å². The van der Waals surface area contributed by atoms with Crippen LogP contribution in [0.2, 0.25) is 0 Å². The fraction of sp³-hybridized carbons (Fsp3) is 0.833. The second-order valence-corrected chi connectivity index (χ2v) is 4.99. The Morgan fingerprint density at radius 2 is 2.42 bits per heavy atom. The van der Waals surface area contributed by atoms with Crippen LogP contribution in [-0.2, 0) is 9.53 Å². The Bertz CT molecular complexity index is 347. The van der Waals surface area contributed by atoms with Crippen molar-refractivity contribution in [3.63, 3.8) is 0 Å². The van der Waals surface area contributed by atoms with E-state index in [1.807, 2.05) is 6.92 Å². The predicted molar refractivity (Wildman–Crippen MR) is 72.9 cm³/mol. The van der Waals surface area contributed by atoms with Crippen LogP contribution in [0.15, 0.2) is 4.99 Å². The number of amides is 1. The second kappa shape index (κ2) is 6.72. The summed E-state index contributed by atoms with van der Waals surface area (Å²) in [5.41, 5.74) is 5.98. The summed E-state index contributed by atoms with van der Waals surface area (Å²) in [5.74, 6) is 0.668. The molecule has 108 valence electrons. The Kier molecular flexibility index (Phi) is 4.98. The summed E-state index contributed by atoms with van der Waals surface area (Å²) < 4.78 is 5.46. The molecule has 2 saturated heterocycles. The van der Waals surface area contributed by atoms with Crippen molar-refractivity contribution in [3.05, 3.63) is 0 Å². The summed E-state index contributed by atoms with van der Waals surface area (Å²) in [6, 6.07) is 0. The van der Waals surface area contributed by atoms with Crippen LogP contribution in [0.4, 0.5) is 0 Å². The molecule has 0 aromatic rings. The van der Waals surface area contributed by atoms with Crippen molar-refractivity contribution < 1.29 is 9.53 Å². The minimum atomic E-state index is 0.0882. The Balaban J connectivity index is 1.73. The second-order valence-electron chi connectivity index (χ2n) is 4.99. The monoisotopic (exact) mass is 269 g/mol. The van der Waals surface area contributed by atoms with Gasteiger partial charge in [-0.3, -0.25) is 14.7 Å². The average Bonchev–Trinajstić information content (AvgIpc) is 2.38. The van der Waals surface area contributed by atoms with E-state index in [-0.39, 0.29) is 12.0 Å². The van der Waals surface area contributed by atoms with E-state index in [2.05, 4.69) is 20.1 Å². The molecule has 0 aromatic heterocycles. The lowest BCUT2D eigenvalue weighted by Gasteiger charge is -2.32. The van der Waals surface area contributed by atoms with Crippen LogP contribution in [0.5, 0.6) is 0 Å². The molecule has 2 heterocycles.